The van der Waals surface area contributed by atoms with Crippen LogP contribution in [0.3, 0.4) is 0 Å². The van der Waals surface area contributed by atoms with Crippen molar-refractivity contribution in [3.63, 3.8) is 0 Å². The van der Waals surface area contributed by atoms with Crippen LogP contribution in [-0.4, -0.2) is 28.8 Å². The number of anilines is 1. The molecule has 1 amide bonds. The second kappa shape index (κ2) is 9.75. The summed E-state index contributed by atoms with van der Waals surface area (Å²) in [6.07, 6.45) is 1.80. The summed E-state index contributed by atoms with van der Waals surface area (Å²) in [6, 6.07) is 22.5. The summed E-state index contributed by atoms with van der Waals surface area (Å²) in [5.41, 5.74) is 4.49. The first-order chi connectivity index (χ1) is 15.9. The molecule has 166 valence electrons. The van der Waals surface area contributed by atoms with Crippen LogP contribution < -0.4 is 9.64 Å². The Hall–Kier alpha value is -3.84. The predicted octanol–water partition coefficient (Wildman–Crippen LogP) is 5.58. The van der Waals surface area contributed by atoms with Gasteiger partial charge in [0.2, 0.25) is 0 Å². The van der Waals surface area contributed by atoms with E-state index in [9.17, 15) is 9.59 Å². The Bertz CT molecular complexity index is 1270. The third kappa shape index (κ3) is 5.51. The standard InChI is InChI=1S/C26H22N2O4S/c1-17-5-3-7-20(13-17)27-26-28(21-8-4-6-18(2)14-21)25(31)23(33-26)15-19-9-11-22(12-10-19)32-16-24(29)30/h3-15H,16H2,1-2H3,(H,29,30)/b23-15-,27-26?. The molecule has 0 spiro atoms. The van der Waals surface area contributed by atoms with Crippen molar-refractivity contribution in [1.82, 2.24) is 0 Å². The Morgan fingerprint density at radius 3 is 2.39 bits per heavy atom. The molecule has 3 aromatic carbocycles. The monoisotopic (exact) mass is 458 g/mol. The summed E-state index contributed by atoms with van der Waals surface area (Å²) in [4.78, 5) is 31.0. The lowest BCUT2D eigenvalue weighted by molar-refractivity contribution is -0.139. The number of hydrogen-bond donors (Lipinski definition) is 1. The van der Waals surface area contributed by atoms with E-state index in [1.165, 1.54) is 11.8 Å². The third-order valence-electron chi connectivity index (χ3n) is 4.83. The van der Waals surface area contributed by atoms with E-state index < -0.39 is 12.6 Å². The van der Waals surface area contributed by atoms with Gasteiger partial charge in [0.05, 0.1) is 16.3 Å². The van der Waals surface area contributed by atoms with E-state index in [2.05, 4.69) is 0 Å². The molecule has 4 rings (SSSR count). The molecule has 0 saturated carbocycles. The number of carbonyl (C=O) groups excluding carboxylic acids is 1. The Morgan fingerprint density at radius 1 is 1.03 bits per heavy atom. The zero-order chi connectivity index (χ0) is 23.4. The van der Waals surface area contributed by atoms with Crippen LogP contribution in [0.4, 0.5) is 11.4 Å². The molecule has 1 N–H and O–H groups in total. The number of aliphatic imine (C=N–C) groups is 1. The Kier molecular flexibility index (Phi) is 6.60. The topological polar surface area (TPSA) is 79.2 Å². The molecule has 33 heavy (non-hydrogen) atoms. The fourth-order valence-corrected chi connectivity index (χ4v) is 4.31. The van der Waals surface area contributed by atoms with E-state index >= 15 is 0 Å². The number of carbonyl (C=O) groups is 2. The van der Waals surface area contributed by atoms with Crippen molar-refractivity contribution in [2.45, 2.75) is 13.8 Å². The zero-order valence-corrected chi connectivity index (χ0v) is 19.0. The largest absolute Gasteiger partial charge is 0.482 e. The van der Waals surface area contributed by atoms with Gasteiger partial charge in [-0.1, -0.05) is 36.4 Å². The number of ether oxygens (including phenoxy) is 1. The molecular weight excluding hydrogens is 436 g/mol. The molecule has 0 atom stereocenters. The average Bonchev–Trinajstić information content (AvgIpc) is 3.07. The van der Waals surface area contributed by atoms with Crippen molar-refractivity contribution in [2.75, 3.05) is 11.5 Å². The second-order valence-corrected chi connectivity index (χ2v) is 8.58. The number of carboxylic acids is 1. The number of aliphatic carboxylic acids is 1. The highest BCUT2D eigenvalue weighted by atomic mass is 32.2. The maximum absolute atomic E-state index is 13.4. The van der Waals surface area contributed by atoms with Crippen molar-refractivity contribution in [1.29, 1.82) is 0 Å². The molecule has 1 aliphatic rings. The van der Waals surface area contributed by atoms with Crippen molar-refractivity contribution in [3.05, 3.63) is 94.4 Å². The zero-order valence-electron chi connectivity index (χ0n) is 18.2. The minimum atomic E-state index is -1.04. The van der Waals surface area contributed by atoms with Gasteiger partial charge in [-0.25, -0.2) is 9.79 Å². The molecule has 0 bridgehead atoms. The molecule has 0 aromatic heterocycles. The Morgan fingerprint density at radius 2 is 1.73 bits per heavy atom. The number of rotatable bonds is 6. The third-order valence-corrected chi connectivity index (χ3v) is 5.80. The van der Waals surface area contributed by atoms with Gasteiger partial charge in [0.15, 0.2) is 11.8 Å². The second-order valence-electron chi connectivity index (χ2n) is 7.58. The summed E-state index contributed by atoms with van der Waals surface area (Å²) >= 11 is 1.32. The predicted molar refractivity (Wildman–Crippen MR) is 132 cm³/mol. The summed E-state index contributed by atoms with van der Waals surface area (Å²) < 4.78 is 5.17. The first kappa shape index (κ1) is 22.4. The Labute approximate surface area is 196 Å². The first-order valence-electron chi connectivity index (χ1n) is 10.3. The molecular formula is C26H22N2O4S. The van der Waals surface area contributed by atoms with Gasteiger partial charge in [-0.2, -0.15) is 0 Å². The van der Waals surface area contributed by atoms with Gasteiger partial charge in [0.1, 0.15) is 5.75 Å². The van der Waals surface area contributed by atoms with Crippen LogP contribution in [0.15, 0.2) is 82.7 Å². The van der Waals surface area contributed by atoms with Gasteiger partial charge in [0, 0.05) is 0 Å². The molecule has 0 unspecified atom stereocenters. The molecule has 3 aromatic rings. The molecule has 1 aliphatic heterocycles. The first-order valence-corrected chi connectivity index (χ1v) is 11.1. The van der Waals surface area contributed by atoms with E-state index in [0.717, 1.165) is 28.1 Å². The maximum Gasteiger partial charge on any atom is 0.341 e. The van der Waals surface area contributed by atoms with E-state index in [4.69, 9.17) is 14.8 Å². The number of hydrogen-bond acceptors (Lipinski definition) is 5. The number of carboxylic acid groups (broad SMARTS) is 1. The lowest BCUT2D eigenvalue weighted by Crippen LogP contribution is -2.28. The van der Waals surface area contributed by atoms with Crippen LogP contribution in [0.2, 0.25) is 0 Å². The van der Waals surface area contributed by atoms with E-state index in [0.29, 0.717) is 15.8 Å². The van der Waals surface area contributed by atoms with Gasteiger partial charge >= 0.3 is 5.97 Å². The molecule has 6 nitrogen and oxygen atoms in total. The summed E-state index contributed by atoms with van der Waals surface area (Å²) in [7, 11) is 0. The van der Waals surface area contributed by atoms with E-state index in [-0.39, 0.29) is 5.91 Å². The van der Waals surface area contributed by atoms with Crippen molar-refractivity contribution in [3.8, 4) is 5.75 Å². The molecule has 7 heteroatoms. The highest BCUT2D eigenvalue weighted by molar-refractivity contribution is 8.19. The minimum Gasteiger partial charge on any atom is -0.482 e. The average molecular weight is 459 g/mol. The molecule has 0 radical (unpaired) electrons. The number of benzene rings is 3. The van der Waals surface area contributed by atoms with Gasteiger partial charge < -0.3 is 9.84 Å². The highest BCUT2D eigenvalue weighted by Gasteiger charge is 2.34. The number of thioether (sulfide) groups is 1. The molecule has 1 heterocycles. The van der Waals surface area contributed by atoms with Gasteiger partial charge in [0.25, 0.3) is 5.91 Å². The number of amides is 1. The molecule has 1 fully saturated rings. The van der Waals surface area contributed by atoms with Gasteiger partial charge in [-0.05, 0) is 84.8 Å². The molecule has 0 aliphatic carbocycles. The summed E-state index contributed by atoms with van der Waals surface area (Å²) in [5.74, 6) is -0.734. The van der Waals surface area contributed by atoms with E-state index in [1.807, 2.05) is 62.4 Å². The van der Waals surface area contributed by atoms with Crippen LogP contribution in [0.1, 0.15) is 16.7 Å². The minimum absolute atomic E-state index is 0.150. The van der Waals surface area contributed by atoms with Crippen molar-refractivity contribution >= 4 is 46.3 Å². The maximum atomic E-state index is 13.4. The van der Waals surface area contributed by atoms with Crippen LogP contribution in [0, 0.1) is 13.8 Å². The fourth-order valence-electron chi connectivity index (χ4n) is 3.31. The SMILES string of the molecule is Cc1cccc(N=C2S/C(=C\c3ccc(OCC(=O)O)cc3)C(=O)N2c2cccc(C)c2)c1. The smallest absolute Gasteiger partial charge is 0.341 e. The van der Waals surface area contributed by atoms with E-state index in [1.54, 1.807) is 35.2 Å². The Balaban J connectivity index is 1.67. The van der Waals surface area contributed by atoms with Crippen LogP contribution in [0.5, 0.6) is 5.75 Å². The summed E-state index contributed by atoms with van der Waals surface area (Å²) in [6.45, 7) is 3.59. The summed E-state index contributed by atoms with van der Waals surface area (Å²) in [5, 5.41) is 9.33. The van der Waals surface area contributed by atoms with Gasteiger partial charge in [-0.15, -0.1) is 0 Å². The van der Waals surface area contributed by atoms with Gasteiger partial charge in [-0.3, -0.25) is 9.69 Å². The number of nitrogens with zero attached hydrogens (tertiary/aromatic N) is 2. The lowest BCUT2D eigenvalue weighted by atomic mass is 10.2. The quantitative estimate of drug-likeness (QED) is 0.488. The molecule has 1 saturated heterocycles. The van der Waals surface area contributed by atoms with Crippen molar-refractivity contribution < 1.29 is 19.4 Å². The number of aryl methyl sites for hydroxylation is 2. The fraction of sp³-hybridized carbons (Fsp3) is 0.115. The van der Waals surface area contributed by atoms with Crippen molar-refractivity contribution in [2.24, 2.45) is 4.99 Å². The normalized spacial score (nSPS) is 15.9. The van der Waals surface area contributed by atoms with Crippen LogP contribution in [-0.2, 0) is 9.59 Å². The highest BCUT2D eigenvalue weighted by Crippen LogP contribution is 2.37. The van der Waals surface area contributed by atoms with Crippen LogP contribution >= 0.6 is 11.8 Å². The van der Waals surface area contributed by atoms with Crippen LogP contribution in [0.25, 0.3) is 6.08 Å². The number of amidine groups is 1. The lowest BCUT2D eigenvalue weighted by Gasteiger charge is -2.16.